The molecule has 0 bridgehead atoms. The number of nitrogens with one attached hydrogen (secondary N) is 1. The van der Waals surface area contributed by atoms with Crippen molar-refractivity contribution in [2.45, 2.75) is 27.7 Å². The molecule has 0 aliphatic rings. The van der Waals surface area contributed by atoms with E-state index in [1.165, 1.54) is 5.69 Å². The minimum Gasteiger partial charge on any atom is -0.372 e. The van der Waals surface area contributed by atoms with Crippen molar-refractivity contribution in [1.29, 1.82) is 0 Å². The van der Waals surface area contributed by atoms with Crippen molar-refractivity contribution in [2.24, 2.45) is 0 Å². The summed E-state index contributed by atoms with van der Waals surface area (Å²) >= 11 is 0. The molecule has 0 atom stereocenters. The first kappa shape index (κ1) is 17.0. The van der Waals surface area contributed by atoms with Crippen LogP contribution in [0.3, 0.4) is 0 Å². The predicted molar refractivity (Wildman–Crippen MR) is 96.7 cm³/mol. The lowest BCUT2D eigenvalue weighted by molar-refractivity contribution is 0.826. The molecule has 6 heteroatoms. The zero-order valence-electron chi connectivity index (χ0n) is 14.5. The van der Waals surface area contributed by atoms with Gasteiger partial charge in [0.2, 0.25) is 5.95 Å². The summed E-state index contributed by atoms with van der Waals surface area (Å²) in [6.45, 7) is 12.3. The lowest BCUT2D eigenvalue weighted by atomic mass is 10.2. The summed E-state index contributed by atoms with van der Waals surface area (Å²) in [5, 5.41) is 11.3. The van der Waals surface area contributed by atoms with Gasteiger partial charge in [0.25, 0.3) is 0 Å². The lowest BCUT2D eigenvalue weighted by Crippen LogP contribution is -2.23. The van der Waals surface area contributed by atoms with Crippen LogP contribution in [-0.2, 0) is 0 Å². The van der Waals surface area contributed by atoms with Gasteiger partial charge < -0.3 is 15.1 Å². The number of benzene rings is 1. The standard InChI is InChI=1S/C17H26N6/c1-5-22(6-2)15-11-9-14(10-12-15)19-17-20-16(13-18-21-17)23(7-3)8-4/h9-13H,5-8H2,1-4H3,(H,19,20,21). The van der Waals surface area contributed by atoms with E-state index in [1.807, 2.05) is 12.1 Å². The molecule has 0 fully saturated rings. The van der Waals surface area contributed by atoms with E-state index in [4.69, 9.17) is 0 Å². The molecule has 0 amide bonds. The van der Waals surface area contributed by atoms with Crippen molar-refractivity contribution in [1.82, 2.24) is 15.2 Å². The molecule has 0 radical (unpaired) electrons. The van der Waals surface area contributed by atoms with Gasteiger partial charge in [-0.1, -0.05) is 0 Å². The molecule has 23 heavy (non-hydrogen) atoms. The summed E-state index contributed by atoms with van der Waals surface area (Å²) in [4.78, 5) is 8.98. The van der Waals surface area contributed by atoms with E-state index in [0.717, 1.165) is 37.7 Å². The molecule has 0 saturated carbocycles. The van der Waals surface area contributed by atoms with E-state index in [9.17, 15) is 0 Å². The van der Waals surface area contributed by atoms with Crippen molar-refractivity contribution in [2.75, 3.05) is 41.3 Å². The van der Waals surface area contributed by atoms with Crippen LogP contribution in [-0.4, -0.2) is 41.4 Å². The molecular formula is C17H26N6. The van der Waals surface area contributed by atoms with Gasteiger partial charge in [-0.05, 0) is 52.0 Å². The number of aromatic nitrogens is 3. The molecule has 1 aromatic carbocycles. The summed E-state index contributed by atoms with van der Waals surface area (Å²) in [6.07, 6.45) is 1.70. The highest BCUT2D eigenvalue weighted by Crippen LogP contribution is 2.20. The van der Waals surface area contributed by atoms with Gasteiger partial charge in [0, 0.05) is 37.6 Å². The minimum absolute atomic E-state index is 0.519. The smallest absolute Gasteiger partial charge is 0.249 e. The summed E-state index contributed by atoms with van der Waals surface area (Å²) in [5.41, 5.74) is 2.18. The summed E-state index contributed by atoms with van der Waals surface area (Å²) < 4.78 is 0. The first-order valence-corrected chi connectivity index (χ1v) is 8.28. The molecule has 1 heterocycles. The van der Waals surface area contributed by atoms with Gasteiger partial charge in [-0.3, -0.25) is 0 Å². The van der Waals surface area contributed by atoms with Crippen molar-refractivity contribution < 1.29 is 0 Å². The number of anilines is 4. The Bertz CT molecular complexity index is 590. The van der Waals surface area contributed by atoms with Crippen LogP contribution in [0, 0.1) is 0 Å². The second-order valence-electron chi connectivity index (χ2n) is 5.15. The highest BCUT2D eigenvalue weighted by Gasteiger charge is 2.07. The molecule has 0 spiro atoms. The number of rotatable bonds is 8. The van der Waals surface area contributed by atoms with Gasteiger partial charge in [0.1, 0.15) is 0 Å². The fourth-order valence-electron chi connectivity index (χ4n) is 2.52. The Labute approximate surface area is 138 Å². The number of hydrogen-bond acceptors (Lipinski definition) is 6. The third-order valence-corrected chi connectivity index (χ3v) is 3.89. The average molecular weight is 314 g/mol. The first-order chi connectivity index (χ1) is 11.2. The van der Waals surface area contributed by atoms with Crippen molar-refractivity contribution in [3.05, 3.63) is 30.5 Å². The van der Waals surface area contributed by atoms with Gasteiger partial charge >= 0.3 is 0 Å². The fourth-order valence-corrected chi connectivity index (χ4v) is 2.52. The SMILES string of the molecule is CCN(CC)c1ccc(Nc2nncc(N(CC)CC)n2)cc1. The van der Waals surface area contributed by atoms with Crippen molar-refractivity contribution >= 4 is 23.1 Å². The van der Waals surface area contributed by atoms with Crippen LogP contribution in [0.2, 0.25) is 0 Å². The van der Waals surface area contributed by atoms with Gasteiger partial charge in [-0.15, -0.1) is 5.10 Å². The molecule has 0 unspecified atom stereocenters. The maximum Gasteiger partial charge on any atom is 0.249 e. The van der Waals surface area contributed by atoms with E-state index in [1.54, 1.807) is 6.20 Å². The maximum atomic E-state index is 4.53. The van der Waals surface area contributed by atoms with Gasteiger partial charge in [0.15, 0.2) is 5.82 Å². The zero-order chi connectivity index (χ0) is 16.7. The molecule has 6 nitrogen and oxygen atoms in total. The van der Waals surface area contributed by atoms with Gasteiger partial charge in [-0.25, -0.2) is 0 Å². The van der Waals surface area contributed by atoms with Crippen LogP contribution >= 0.6 is 0 Å². The second kappa shape index (κ2) is 8.31. The predicted octanol–water partition coefficient (Wildman–Crippen LogP) is 3.31. The minimum atomic E-state index is 0.519. The molecule has 0 aliphatic heterocycles. The normalized spacial score (nSPS) is 10.4. The Morgan fingerprint density at radius 2 is 1.48 bits per heavy atom. The Morgan fingerprint density at radius 3 is 2.04 bits per heavy atom. The maximum absolute atomic E-state index is 4.53. The highest BCUT2D eigenvalue weighted by molar-refractivity contribution is 5.59. The molecule has 0 aliphatic carbocycles. The highest BCUT2D eigenvalue weighted by atomic mass is 15.3. The summed E-state index contributed by atoms with van der Waals surface area (Å²) in [6, 6.07) is 8.30. The van der Waals surface area contributed by atoms with E-state index < -0.39 is 0 Å². The third kappa shape index (κ3) is 4.31. The second-order valence-corrected chi connectivity index (χ2v) is 5.15. The fraction of sp³-hybridized carbons (Fsp3) is 0.471. The monoisotopic (exact) mass is 314 g/mol. The van der Waals surface area contributed by atoms with E-state index >= 15 is 0 Å². The Morgan fingerprint density at radius 1 is 0.870 bits per heavy atom. The largest absolute Gasteiger partial charge is 0.372 e. The van der Waals surface area contributed by atoms with Crippen molar-refractivity contribution in [3.63, 3.8) is 0 Å². The van der Waals surface area contributed by atoms with Crippen LogP contribution in [0.4, 0.5) is 23.1 Å². The lowest BCUT2D eigenvalue weighted by Gasteiger charge is -2.21. The third-order valence-electron chi connectivity index (χ3n) is 3.89. The molecule has 1 aromatic heterocycles. The van der Waals surface area contributed by atoms with Crippen LogP contribution in [0.15, 0.2) is 30.5 Å². The van der Waals surface area contributed by atoms with Crippen LogP contribution in [0.1, 0.15) is 27.7 Å². The average Bonchev–Trinajstić information content (AvgIpc) is 2.59. The molecule has 1 N–H and O–H groups in total. The van der Waals surface area contributed by atoms with E-state index in [2.05, 4.69) is 70.1 Å². The van der Waals surface area contributed by atoms with Crippen LogP contribution in [0.25, 0.3) is 0 Å². The Hall–Kier alpha value is -2.37. The van der Waals surface area contributed by atoms with E-state index in [0.29, 0.717) is 5.95 Å². The first-order valence-electron chi connectivity index (χ1n) is 8.28. The number of hydrogen-bond donors (Lipinski definition) is 1. The van der Waals surface area contributed by atoms with Gasteiger partial charge in [-0.2, -0.15) is 10.1 Å². The van der Waals surface area contributed by atoms with Crippen LogP contribution < -0.4 is 15.1 Å². The molecular weight excluding hydrogens is 288 g/mol. The van der Waals surface area contributed by atoms with Crippen molar-refractivity contribution in [3.8, 4) is 0 Å². The van der Waals surface area contributed by atoms with Crippen LogP contribution in [0.5, 0.6) is 0 Å². The molecule has 0 saturated heterocycles. The van der Waals surface area contributed by atoms with Gasteiger partial charge in [0.05, 0.1) is 6.20 Å². The quantitative estimate of drug-likeness (QED) is 0.807. The number of nitrogens with zero attached hydrogens (tertiary/aromatic N) is 5. The summed E-state index contributed by atoms with van der Waals surface area (Å²) in [5.74, 6) is 1.36. The Balaban J connectivity index is 2.11. The topological polar surface area (TPSA) is 57.2 Å². The summed E-state index contributed by atoms with van der Waals surface area (Å²) in [7, 11) is 0. The molecule has 2 aromatic rings. The molecule has 2 rings (SSSR count). The Kier molecular flexibility index (Phi) is 6.14. The molecule has 124 valence electrons. The zero-order valence-corrected chi connectivity index (χ0v) is 14.5. The van der Waals surface area contributed by atoms with E-state index in [-0.39, 0.29) is 0 Å².